The van der Waals surface area contributed by atoms with Crippen LogP contribution in [0.1, 0.15) is 24.5 Å². The Hall–Kier alpha value is -1.53. The minimum atomic E-state index is 0.603. The number of nitrogens with one attached hydrogen (secondary N) is 1. The molecule has 0 aromatic heterocycles. The summed E-state index contributed by atoms with van der Waals surface area (Å²) in [7, 11) is 1.59. The molecule has 1 saturated carbocycles. The van der Waals surface area contributed by atoms with Gasteiger partial charge in [0.2, 0.25) is 0 Å². The molecule has 2 rings (SSSR count). The monoisotopic (exact) mass is 230 g/mol. The summed E-state index contributed by atoms with van der Waals surface area (Å²) >= 11 is 0. The molecule has 3 nitrogen and oxygen atoms in total. The van der Waals surface area contributed by atoms with Crippen LogP contribution in [0.15, 0.2) is 18.2 Å². The van der Waals surface area contributed by atoms with Gasteiger partial charge < -0.3 is 10.1 Å². The number of ether oxygens (including phenoxy) is 1. The van der Waals surface area contributed by atoms with Crippen LogP contribution in [0, 0.1) is 23.2 Å². The molecule has 1 fully saturated rings. The van der Waals surface area contributed by atoms with E-state index in [0.29, 0.717) is 11.3 Å². The van der Waals surface area contributed by atoms with Crippen LogP contribution >= 0.6 is 0 Å². The van der Waals surface area contributed by atoms with Crippen molar-refractivity contribution in [2.75, 3.05) is 13.7 Å². The number of hydrogen-bond acceptors (Lipinski definition) is 3. The van der Waals surface area contributed by atoms with E-state index in [-0.39, 0.29) is 0 Å². The third kappa shape index (κ3) is 2.98. The molecule has 2 atom stereocenters. The van der Waals surface area contributed by atoms with Crippen LogP contribution in [0.2, 0.25) is 0 Å². The zero-order valence-corrected chi connectivity index (χ0v) is 10.4. The van der Waals surface area contributed by atoms with Gasteiger partial charge in [-0.1, -0.05) is 13.0 Å². The highest BCUT2D eigenvalue weighted by atomic mass is 16.5. The van der Waals surface area contributed by atoms with E-state index in [1.807, 2.05) is 18.2 Å². The molecular weight excluding hydrogens is 212 g/mol. The number of methoxy groups -OCH3 is 1. The summed E-state index contributed by atoms with van der Waals surface area (Å²) in [6.07, 6.45) is 1.35. The van der Waals surface area contributed by atoms with E-state index < -0.39 is 0 Å². The Bertz CT molecular complexity index is 436. The first-order chi connectivity index (χ1) is 8.24. The Morgan fingerprint density at radius 2 is 2.29 bits per heavy atom. The number of rotatable bonds is 5. The topological polar surface area (TPSA) is 45.0 Å². The average molecular weight is 230 g/mol. The van der Waals surface area contributed by atoms with Gasteiger partial charge in [-0.3, -0.25) is 0 Å². The van der Waals surface area contributed by atoms with Crippen LogP contribution < -0.4 is 10.1 Å². The van der Waals surface area contributed by atoms with Crippen molar-refractivity contribution in [3.63, 3.8) is 0 Å². The summed E-state index contributed by atoms with van der Waals surface area (Å²) in [4.78, 5) is 0. The first-order valence-corrected chi connectivity index (χ1v) is 6.02. The van der Waals surface area contributed by atoms with E-state index in [9.17, 15) is 0 Å². The normalized spacial score (nSPS) is 21.9. The molecule has 0 heterocycles. The van der Waals surface area contributed by atoms with Gasteiger partial charge in [0.1, 0.15) is 11.8 Å². The fraction of sp³-hybridized carbons (Fsp3) is 0.500. The molecule has 2 unspecified atom stereocenters. The minimum absolute atomic E-state index is 0.603. The van der Waals surface area contributed by atoms with Crippen LogP contribution in [0.4, 0.5) is 0 Å². The highest BCUT2D eigenvalue weighted by Crippen LogP contribution is 2.36. The molecule has 17 heavy (non-hydrogen) atoms. The lowest BCUT2D eigenvalue weighted by molar-refractivity contribution is 0.413. The van der Waals surface area contributed by atoms with Crippen LogP contribution in [-0.4, -0.2) is 13.7 Å². The predicted molar refractivity (Wildman–Crippen MR) is 66.7 cm³/mol. The van der Waals surface area contributed by atoms with Crippen LogP contribution in [0.5, 0.6) is 5.75 Å². The molecule has 0 spiro atoms. The zero-order chi connectivity index (χ0) is 12.3. The average Bonchev–Trinajstić information content (AvgIpc) is 3.05. The number of hydrogen-bond donors (Lipinski definition) is 1. The lowest BCUT2D eigenvalue weighted by Crippen LogP contribution is -2.16. The van der Waals surface area contributed by atoms with E-state index in [1.165, 1.54) is 6.42 Å². The maximum absolute atomic E-state index is 8.98. The van der Waals surface area contributed by atoms with Crippen LogP contribution in [-0.2, 0) is 6.54 Å². The molecule has 1 aromatic carbocycles. The van der Waals surface area contributed by atoms with E-state index in [0.717, 1.165) is 30.5 Å². The van der Waals surface area contributed by atoms with Crippen molar-refractivity contribution < 1.29 is 4.74 Å². The molecule has 3 heteroatoms. The van der Waals surface area contributed by atoms with E-state index in [4.69, 9.17) is 10.00 Å². The highest BCUT2D eigenvalue weighted by molar-refractivity contribution is 5.45. The van der Waals surface area contributed by atoms with Gasteiger partial charge in [0.25, 0.3) is 0 Å². The Balaban J connectivity index is 1.90. The minimum Gasteiger partial charge on any atom is -0.495 e. The summed E-state index contributed by atoms with van der Waals surface area (Å²) in [5.41, 5.74) is 1.74. The van der Waals surface area contributed by atoms with Crippen molar-refractivity contribution in [2.45, 2.75) is 19.9 Å². The van der Waals surface area contributed by atoms with Gasteiger partial charge in [-0.2, -0.15) is 5.26 Å². The molecule has 0 bridgehead atoms. The summed E-state index contributed by atoms with van der Waals surface area (Å²) < 4.78 is 5.12. The van der Waals surface area contributed by atoms with Crippen molar-refractivity contribution in [2.24, 2.45) is 11.8 Å². The van der Waals surface area contributed by atoms with Gasteiger partial charge in [-0.05, 0) is 42.5 Å². The van der Waals surface area contributed by atoms with Crippen LogP contribution in [0.3, 0.4) is 0 Å². The van der Waals surface area contributed by atoms with E-state index in [1.54, 1.807) is 7.11 Å². The third-order valence-corrected chi connectivity index (χ3v) is 3.40. The molecule has 1 aromatic rings. The summed E-state index contributed by atoms with van der Waals surface area (Å²) in [6.45, 7) is 4.19. The lowest BCUT2D eigenvalue weighted by atomic mass is 10.1. The number of nitriles is 1. The second-order valence-corrected chi connectivity index (χ2v) is 4.75. The van der Waals surface area contributed by atoms with Gasteiger partial charge in [-0.15, -0.1) is 0 Å². The van der Waals surface area contributed by atoms with E-state index in [2.05, 4.69) is 18.3 Å². The fourth-order valence-corrected chi connectivity index (χ4v) is 2.04. The van der Waals surface area contributed by atoms with Crippen molar-refractivity contribution in [1.82, 2.24) is 5.32 Å². The van der Waals surface area contributed by atoms with Crippen molar-refractivity contribution >= 4 is 0 Å². The smallest absolute Gasteiger partial charge is 0.136 e. The molecule has 0 radical (unpaired) electrons. The summed E-state index contributed by atoms with van der Waals surface area (Å²) in [5, 5.41) is 12.4. The largest absolute Gasteiger partial charge is 0.495 e. The maximum atomic E-state index is 8.98. The standard InChI is InChI=1S/C14H18N2O/c1-10-5-13(10)9-16-8-11-3-4-14(17-2)12(6-11)7-15/h3-4,6,10,13,16H,5,8-9H2,1-2H3. The Labute approximate surface area is 102 Å². The lowest BCUT2D eigenvalue weighted by Gasteiger charge is -2.07. The molecule has 0 saturated heterocycles. The Kier molecular flexibility index (Phi) is 3.65. The molecule has 0 aliphatic heterocycles. The zero-order valence-electron chi connectivity index (χ0n) is 10.4. The number of benzene rings is 1. The predicted octanol–water partition coefficient (Wildman–Crippen LogP) is 2.31. The molecule has 1 aliphatic carbocycles. The van der Waals surface area contributed by atoms with Crippen molar-refractivity contribution in [1.29, 1.82) is 5.26 Å². The first-order valence-electron chi connectivity index (χ1n) is 6.02. The van der Waals surface area contributed by atoms with Crippen molar-refractivity contribution in [3.05, 3.63) is 29.3 Å². The molecular formula is C14H18N2O. The molecule has 0 amide bonds. The summed E-state index contributed by atoms with van der Waals surface area (Å²) in [5.74, 6) is 2.38. The van der Waals surface area contributed by atoms with Crippen LogP contribution in [0.25, 0.3) is 0 Å². The molecule has 90 valence electrons. The second-order valence-electron chi connectivity index (χ2n) is 4.75. The second kappa shape index (κ2) is 5.20. The van der Waals surface area contributed by atoms with Gasteiger partial charge >= 0.3 is 0 Å². The van der Waals surface area contributed by atoms with Crippen molar-refractivity contribution in [3.8, 4) is 11.8 Å². The third-order valence-electron chi connectivity index (χ3n) is 3.40. The Morgan fingerprint density at radius 1 is 1.53 bits per heavy atom. The maximum Gasteiger partial charge on any atom is 0.136 e. The van der Waals surface area contributed by atoms with Gasteiger partial charge in [0, 0.05) is 6.54 Å². The molecule has 1 aliphatic rings. The molecule has 1 N–H and O–H groups in total. The Morgan fingerprint density at radius 3 is 2.88 bits per heavy atom. The van der Waals surface area contributed by atoms with Gasteiger partial charge in [-0.25, -0.2) is 0 Å². The van der Waals surface area contributed by atoms with Gasteiger partial charge in [0.05, 0.1) is 12.7 Å². The van der Waals surface area contributed by atoms with E-state index >= 15 is 0 Å². The quantitative estimate of drug-likeness (QED) is 0.844. The fourth-order valence-electron chi connectivity index (χ4n) is 2.04. The number of nitrogens with zero attached hydrogens (tertiary/aromatic N) is 1. The highest BCUT2D eigenvalue weighted by Gasteiger charge is 2.31. The first kappa shape index (κ1) is 11.9. The SMILES string of the molecule is COc1ccc(CNCC2CC2C)cc1C#N. The van der Waals surface area contributed by atoms with Gasteiger partial charge in [0.15, 0.2) is 0 Å². The summed E-state index contributed by atoms with van der Waals surface area (Å²) in [6, 6.07) is 7.90.